The smallest absolute Gasteiger partial charge is 0.282 e. The molecule has 2 aliphatic rings. The van der Waals surface area contributed by atoms with Gasteiger partial charge in [0.15, 0.2) is 0 Å². The lowest BCUT2D eigenvalue weighted by atomic mass is 9.99. The molecule has 0 spiro atoms. The molecule has 9 nitrogen and oxygen atoms in total. The van der Waals surface area contributed by atoms with Gasteiger partial charge in [-0.05, 0) is 12.3 Å². The average molecular weight is 362 g/mol. The maximum atomic E-state index is 12.6. The molecule has 2 saturated heterocycles. The molecule has 2 atom stereocenters. The first kappa shape index (κ1) is 19.1. The molecule has 2 rings (SSSR count). The molecule has 2 heterocycles. The second-order valence-corrected chi connectivity index (χ2v) is 8.79. The van der Waals surface area contributed by atoms with Gasteiger partial charge in [-0.2, -0.15) is 17.0 Å². The SMILES string of the molecule is CC(C)C(C(N)=O)N(C)C(=O)[C@H]1CCN(S(=O)(=O)N2CC(O)C2)C1. The number of hydrogen-bond acceptors (Lipinski definition) is 5. The molecule has 2 fully saturated rings. The van der Waals surface area contributed by atoms with Crippen LogP contribution in [0.25, 0.3) is 0 Å². The fourth-order valence-electron chi connectivity index (χ4n) is 3.30. The summed E-state index contributed by atoms with van der Waals surface area (Å²) in [5, 5.41) is 9.27. The Hall–Kier alpha value is -1.23. The van der Waals surface area contributed by atoms with Gasteiger partial charge in [0.1, 0.15) is 6.04 Å². The predicted octanol–water partition coefficient (Wildman–Crippen LogP) is -1.80. The van der Waals surface area contributed by atoms with Crippen molar-refractivity contribution in [3.63, 3.8) is 0 Å². The summed E-state index contributed by atoms with van der Waals surface area (Å²) in [6, 6.07) is -0.714. The van der Waals surface area contributed by atoms with Crippen LogP contribution in [0.5, 0.6) is 0 Å². The van der Waals surface area contributed by atoms with E-state index in [9.17, 15) is 23.1 Å². The highest BCUT2D eigenvalue weighted by atomic mass is 32.2. The number of hydrogen-bond donors (Lipinski definition) is 2. The normalized spacial score (nSPS) is 24.8. The van der Waals surface area contributed by atoms with E-state index in [0.29, 0.717) is 6.42 Å². The molecular formula is C14H26N4O5S. The lowest BCUT2D eigenvalue weighted by molar-refractivity contribution is -0.142. The van der Waals surface area contributed by atoms with E-state index in [1.165, 1.54) is 20.6 Å². The van der Waals surface area contributed by atoms with Crippen molar-refractivity contribution >= 4 is 22.0 Å². The van der Waals surface area contributed by atoms with Gasteiger partial charge < -0.3 is 15.7 Å². The van der Waals surface area contributed by atoms with Crippen LogP contribution in [0.2, 0.25) is 0 Å². The van der Waals surface area contributed by atoms with E-state index >= 15 is 0 Å². The number of rotatable bonds is 6. The Labute approximate surface area is 142 Å². The number of β-amino-alcohol motifs (C(OH)–C–C–N with tert-alkyl or cyclic N) is 1. The van der Waals surface area contributed by atoms with Gasteiger partial charge in [0.25, 0.3) is 10.2 Å². The van der Waals surface area contributed by atoms with Crippen LogP contribution in [0.15, 0.2) is 0 Å². The van der Waals surface area contributed by atoms with Crippen LogP contribution >= 0.6 is 0 Å². The molecule has 0 aromatic heterocycles. The van der Waals surface area contributed by atoms with Gasteiger partial charge in [0, 0.05) is 33.2 Å². The van der Waals surface area contributed by atoms with Gasteiger partial charge in [-0.1, -0.05) is 13.8 Å². The number of carbonyl (C=O) groups excluding carboxylic acids is 2. The highest BCUT2D eigenvalue weighted by Gasteiger charge is 2.44. The molecular weight excluding hydrogens is 336 g/mol. The molecule has 10 heteroatoms. The Kier molecular flexibility index (Phi) is 5.53. The fourth-order valence-corrected chi connectivity index (χ4v) is 5.05. The molecule has 24 heavy (non-hydrogen) atoms. The number of amides is 2. The molecule has 0 aromatic carbocycles. The summed E-state index contributed by atoms with van der Waals surface area (Å²) in [6.07, 6.45) is -0.212. The molecule has 138 valence electrons. The van der Waals surface area contributed by atoms with Crippen molar-refractivity contribution in [3.8, 4) is 0 Å². The fraction of sp³-hybridized carbons (Fsp3) is 0.857. The minimum Gasteiger partial charge on any atom is -0.390 e. The summed E-state index contributed by atoms with van der Waals surface area (Å²) in [5.74, 6) is -1.46. The van der Waals surface area contributed by atoms with E-state index < -0.39 is 34.2 Å². The molecule has 0 bridgehead atoms. The van der Waals surface area contributed by atoms with E-state index in [1.54, 1.807) is 13.8 Å². The zero-order chi connectivity index (χ0) is 18.2. The van der Waals surface area contributed by atoms with E-state index in [1.807, 2.05) is 0 Å². The lowest BCUT2D eigenvalue weighted by Crippen LogP contribution is -2.57. The van der Waals surface area contributed by atoms with Crippen LogP contribution in [-0.2, 0) is 19.8 Å². The quantitative estimate of drug-likeness (QED) is 0.577. The van der Waals surface area contributed by atoms with Crippen molar-refractivity contribution in [2.75, 3.05) is 33.2 Å². The second-order valence-electron chi connectivity index (χ2n) is 6.86. The third-order valence-electron chi connectivity index (χ3n) is 4.67. The van der Waals surface area contributed by atoms with Crippen LogP contribution in [0, 0.1) is 11.8 Å². The van der Waals surface area contributed by atoms with Gasteiger partial charge in [0.05, 0.1) is 12.0 Å². The van der Waals surface area contributed by atoms with Crippen molar-refractivity contribution in [2.24, 2.45) is 17.6 Å². The number of aliphatic hydroxyl groups excluding tert-OH is 1. The van der Waals surface area contributed by atoms with E-state index in [0.717, 1.165) is 0 Å². The van der Waals surface area contributed by atoms with Crippen LogP contribution in [0.3, 0.4) is 0 Å². The van der Waals surface area contributed by atoms with Gasteiger partial charge in [-0.25, -0.2) is 0 Å². The first-order chi connectivity index (χ1) is 11.1. The van der Waals surface area contributed by atoms with E-state index in [4.69, 9.17) is 5.73 Å². The molecule has 0 aromatic rings. The van der Waals surface area contributed by atoms with E-state index in [2.05, 4.69) is 0 Å². The molecule has 0 saturated carbocycles. The predicted molar refractivity (Wildman–Crippen MR) is 86.8 cm³/mol. The van der Waals surface area contributed by atoms with Crippen LogP contribution in [0.1, 0.15) is 20.3 Å². The number of nitrogens with zero attached hydrogens (tertiary/aromatic N) is 3. The Morgan fingerprint density at radius 1 is 1.21 bits per heavy atom. The summed E-state index contributed by atoms with van der Waals surface area (Å²) in [5.41, 5.74) is 5.38. The number of carbonyl (C=O) groups is 2. The molecule has 0 aliphatic carbocycles. The van der Waals surface area contributed by atoms with Crippen molar-refractivity contribution < 1.29 is 23.1 Å². The third kappa shape index (κ3) is 3.56. The summed E-state index contributed by atoms with van der Waals surface area (Å²) in [6.45, 7) is 4.13. The number of nitrogens with two attached hydrogens (primary N) is 1. The number of aliphatic hydroxyl groups is 1. The summed E-state index contributed by atoms with van der Waals surface area (Å²) >= 11 is 0. The maximum absolute atomic E-state index is 12.6. The molecule has 0 radical (unpaired) electrons. The average Bonchev–Trinajstić information content (AvgIpc) is 2.92. The van der Waals surface area contributed by atoms with Crippen molar-refractivity contribution in [1.82, 2.24) is 13.5 Å². The zero-order valence-corrected chi connectivity index (χ0v) is 15.1. The Bertz CT molecular complexity index is 602. The van der Waals surface area contributed by atoms with Gasteiger partial charge in [-0.15, -0.1) is 0 Å². The van der Waals surface area contributed by atoms with Crippen molar-refractivity contribution in [3.05, 3.63) is 0 Å². The van der Waals surface area contributed by atoms with Crippen LogP contribution in [0.4, 0.5) is 0 Å². The summed E-state index contributed by atoms with van der Waals surface area (Å²) in [7, 11) is -2.11. The Morgan fingerprint density at radius 3 is 2.25 bits per heavy atom. The van der Waals surface area contributed by atoms with Gasteiger partial charge in [0.2, 0.25) is 11.8 Å². The number of likely N-dealkylation sites (N-methyl/N-ethyl adjacent to an activating group) is 1. The largest absolute Gasteiger partial charge is 0.390 e. The lowest BCUT2D eigenvalue weighted by Gasteiger charge is -2.37. The first-order valence-electron chi connectivity index (χ1n) is 8.05. The summed E-state index contributed by atoms with van der Waals surface area (Å²) in [4.78, 5) is 25.5. The second kappa shape index (κ2) is 6.95. The zero-order valence-electron chi connectivity index (χ0n) is 14.3. The minimum atomic E-state index is -3.64. The van der Waals surface area contributed by atoms with Crippen LogP contribution in [-0.4, -0.2) is 84.2 Å². The highest BCUT2D eigenvalue weighted by molar-refractivity contribution is 7.86. The van der Waals surface area contributed by atoms with Crippen molar-refractivity contribution in [2.45, 2.75) is 32.4 Å². The van der Waals surface area contributed by atoms with Crippen molar-refractivity contribution in [1.29, 1.82) is 0 Å². The minimum absolute atomic E-state index is 0.0850. The Morgan fingerprint density at radius 2 is 1.79 bits per heavy atom. The first-order valence-corrected chi connectivity index (χ1v) is 9.44. The molecule has 2 amide bonds. The Balaban J connectivity index is 2.02. The summed E-state index contributed by atoms with van der Waals surface area (Å²) < 4.78 is 27.3. The molecule has 3 N–H and O–H groups in total. The third-order valence-corrected chi connectivity index (χ3v) is 6.60. The van der Waals surface area contributed by atoms with Crippen LogP contribution < -0.4 is 5.73 Å². The monoisotopic (exact) mass is 362 g/mol. The molecule has 2 aliphatic heterocycles. The van der Waals surface area contributed by atoms with Gasteiger partial charge in [-0.3, -0.25) is 9.59 Å². The van der Waals surface area contributed by atoms with E-state index in [-0.39, 0.29) is 38.0 Å². The topological polar surface area (TPSA) is 124 Å². The molecule has 1 unspecified atom stereocenters. The number of primary amides is 1. The standard InChI is InChI=1S/C14H26N4O5S/c1-9(2)12(13(15)20)16(3)14(21)10-4-5-17(6-10)24(22,23)18-7-11(19)8-18/h9-12,19H,4-8H2,1-3H3,(H2,15,20)/t10-,12?/m0/s1. The van der Waals surface area contributed by atoms with Gasteiger partial charge >= 0.3 is 0 Å². The maximum Gasteiger partial charge on any atom is 0.282 e. The highest BCUT2D eigenvalue weighted by Crippen LogP contribution is 2.26.